The van der Waals surface area contributed by atoms with Crippen molar-refractivity contribution in [3.05, 3.63) is 23.8 Å². The van der Waals surface area contributed by atoms with Gasteiger partial charge >= 0.3 is 5.97 Å². The van der Waals surface area contributed by atoms with Crippen LogP contribution in [0.1, 0.15) is 18.5 Å². The van der Waals surface area contributed by atoms with Gasteiger partial charge in [-0.3, -0.25) is 4.57 Å². The fourth-order valence-corrected chi connectivity index (χ4v) is 1.91. The van der Waals surface area contributed by atoms with Crippen molar-refractivity contribution in [2.24, 2.45) is 0 Å². The number of methoxy groups -OCH3 is 1. The number of imidazole rings is 1. The molecule has 0 fully saturated rings. The van der Waals surface area contributed by atoms with Crippen LogP contribution in [0.15, 0.2) is 18.2 Å². The molecule has 1 atom stereocenters. The molecule has 0 amide bonds. The van der Waals surface area contributed by atoms with Gasteiger partial charge in [0.15, 0.2) is 0 Å². The summed E-state index contributed by atoms with van der Waals surface area (Å²) in [7, 11) is 1.36. The Hall–Kier alpha value is -2.04. The number of benzene rings is 1. The highest BCUT2D eigenvalue weighted by Crippen LogP contribution is 2.24. The van der Waals surface area contributed by atoms with Crippen LogP contribution in [-0.4, -0.2) is 22.6 Å². The largest absolute Gasteiger partial charge is 0.467 e. The molecule has 0 spiro atoms. The lowest BCUT2D eigenvalue weighted by molar-refractivity contribution is -0.143. The Kier molecular flexibility index (Phi) is 2.75. The topological polar surface area (TPSA) is 70.1 Å². The van der Waals surface area contributed by atoms with E-state index >= 15 is 0 Å². The summed E-state index contributed by atoms with van der Waals surface area (Å²) in [6, 6.07) is 5.33. The number of nitrogens with zero attached hydrogens (tertiary/aromatic N) is 2. The molecule has 2 rings (SSSR count). The average Bonchev–Trinajstić information content (AvgIpc) is 2.62. The van der Waals surface area contributed by atoms with Crippen molar-refractivity contribution in [1.29, 1.82) is 0 Å². The number of rotatable bonds is 2. The van der Waals surface area contributed by atoms with Gasteiger partial charge in [-0.15, -0.1) is 0 Å². The van der Waals surface area contributed by atoms with Gasteiger partial charge in [-0.05, 0) is 31.5 Å². The van der Waals surface area contributed by atoms with Crippen molar-refractivity contribution in [2.45, 2.75) is 19.9 Å². The number of hydrogen-bond donors (Lipinski definition) is 1. The van der Waals surface area contributed by atoms with Crippen LogP contribution in [0.5, 0.6) is 0 Å². The zero-order chi connectivity index (χ0) is 12.6. The zero-order valence-electron chi connectivity index (χ0n) is 10.1. The summed E-state index contributed by atoms with van der Waals surface area (Å²) in [6.45, 7) is 3.72. The molecule has 90 valence electrons. The third kappa shape index (κ3) is 1.84. The summed E-state index contributed by atoms with van der Waals surface area (Å²) in [4.78, 5) is 15.8. The maximum Gasteiger partial charge on any atom is 0.328 e. The molecular formula is C12H15N3O2. The summed E-state index contributed by atoms with van der Waals surface area (Å²) < 4.78 is 6.40. The summed E-state index contributed by atoms with van der Waals surface area (Å²) in [5.41, 5.74) is 8.57. The van der Waals surface area contributed by atoms with Crippen LogP contribution >= 0.6 is 0 Å². The maximum atomic E-state index is 11.5. The molecule has 0 aliphatic heterocycles. The van der Waals surface area contributed by atoms with Crippen molar-refractivity contribution >= 4 is 23.0 Å². The quantitative estimate of drug-likeness (QED) is 0.801. The molecule has 0 bridgehead atoms. The van der Waals surface area contributed by atoms with Gasteiger partial charge in [-0.2, -0.15) is 0 Å². The van der Waals surface area contributed by atoms with Gasteiger partial charge in [-0.1, -0.05) is 6.07 Å². The van der Waals surface area contributed by atoms with E-state index in [1.807, 2.05) is 25.1 Å². The lowest BCUT2D eigenvalue weighted by Gasteiger charge is -2.13. The van der Waals surface area contributed by atoms with Crippen molar-refractivity contribution in [2.75, 3.05) is 12.8 Å². The van der Waals surface area contributed by atoms with Gasteiger partial charge in [-0.25, -0.2) is 9.78 Å². The van der Waals surface area contributed by atoms with Crippen LogP contribution in [0.2, 0.25) is 0 Å². The monoisotopic (exact) mass is 233 g/mol. The highest BCUT2D eigenvalue weighted by Gasteiger charge is 2.20. The van der Waals surface area contributed by atoms with Gasteiger partial charge in [0, 0.05) is 0 Å². The summed E-state index contributed by atoms with van der Waals surface area (Å²) in [5, 5.41) is 0. The molecule has 1 heterocycles. The molecule has 0 radical (unpaired) electrons. The number of carbonyl (C=O) groups is 1. The minimum atomic E-state index is -0.479. The first-order valence-electron chi connectivity index (χ1n) is 5.36. The molecule has 1 unspecified atom stereocenters. The molecular weight excluding hydrogens is 218 g/mol. The number of carbonyl (C=O) groups excluding carboxylic acids is 1. The van der Waals surface area contributed by atoms with E-state index in [0.717, 1.165) is 16.6 Å². The molecule has 2 aromatic rings. The predicted molar refractivity (Wildman–Crippen MR) is 65.6 cm³/mol. The summed E-state index contributed by atoms with van der Waals surface area (Å²) >= 11 is 0. The van der Waals surface area contributed by atoms with E-state index in [0.29, 0.717) is 5.95 Å². The second-order valence-corrected chi connectivity index (χ2v) is 4.03. The highest BCUT2D eigenvalue weighted by molar-refractivity contribution is 5.83. The molecule has 1 aromatic carbocycles. The molecule has 5 nitrogen and oxygen atoms in total. The van der Waals surface area contributed by atoms with Crippen LogP contribution in [-0.2, 0) is 9.53 Å². The molecule has 2 N–H and O–H groups in total. The lowest BCUT2D eigenvalue weighted by atomic mass is 10.2. The summed E-state index contributed by atoms with van der Waals surface area (Å²) in [6.07, 6.45) is 0. The van der Waals surface area contributed by atoms with Gasteiger partial charge in [0.25, 0.3) is 0 Å². The van der Waals surface area contributed by atoms with Gasteiger partial charge < -0.3 is 10.5 Å². The van der Waals surface area contributed by atoms with Gasteiger partial charge in [0.2, 0.25) is 5.95 Å². The Balaban J connectivity index is 2.61. The lowest BCUT2D eigenvalue weighted by Crippen LogP contribution is -2.19. The van der Waals surface area contributed by atoms with Crippen molar-refractivity contribution < 1.29 is 9.53 Å². The Morgan fingerprint density at radius 1 is 1.53 bits per heavy atom. The number of anilines is 1. The molecule has 0 aliphatic carbocycles. The zero-order valence-corrected chi connectivity index (χ0v) is 10.1. The van der Waals surface area contributed by atoms with E-state index in [-0.39, 0.29) is 5.97 Å². The van der Waals surface area contributed by atoms with Crippen LogP contribution in [0.3, 0.4) is 0 Å². The number of nitrogens with two attached hydrogens (primary N) is 1. The first-order valence-corrected chi connectivity index (χ1v) is 5.36. The van der Waals surface area contributed by atoms with E-state index in [2.05, 4.69) is 4.98 Å². The number of hydrogen-bond acceptors (Lipinski definition) is 4. The number of fused-ring (bicyclic) bond motifs is 1. The number of esters is 1. The number of ether oxygens (including phenoxy) is 1. The fraction of sp³-hybridized carbons (Fsp3) is 0.333. The van der Waals surface area contributed by atoms with Crippen LogP contribution in [0, 0.1) is 6.92 Å². The van der Waals surface area contributed by atoms with E-state index in [9.17, 15) is 4.79 Å². The Labute approximate surface area is 99.2 Å². The highest BCUT2D eigenvalue weighted by atomic mass is 16.5. The first-order chi connectivity index (χ1) is 8.04. The van der Waals surface area contributed by atoms with Gasteiger partial charge in [0.05, 0.1) is 18.1 Å². The Morgan fingerprint density at radius 2 is 2.24 bits per heavy atom. The molecule has 0 saturated carbocycles. The van der Waals surface area contributed by atoms with Crippen LogP contribution < -0.4 is 5.73 Å². The standard InChI is InChI=1S/C12H15N3O2/c1-7-4-5-10-9(6-7)14-12(13)15(10)8(2)11(16)17-3/h4-6,8H,1-3H3,(H2,13,14). The van der Waals surface area contributed by atoms with Crippen LogP contribution in [0.25, 0.3) is 11.0 Å². The smallest absolute Gasteiger partial charge is 0.328 e. The van der Waals surface area contributed by atoms with Crippen molar-refractivity contribution in [3.63, 3.8) is 0 Å². The minimum absolute atomic E-state index is 0.323. The van der Waals surface area contributed by atoms with E-state index in [1.54, 1.807) is 11.5 Å². The third-order valence-electron chi connectivity index (χ3n) is 2.80. The number of nitrogen functional groups attached to an aromatic ring is 1. The van der Waals surface area contributed by atoms with Crippen molar-refractivity contribution in [3.8, 4) is 0 Å². The molecule has 5 heteroatoms. The minimum Gasteiger partial charge on any atom is -0.467 e. The Morgan fingerprint density at radius 3 is 2.88 bits per heavy atom. The maximum absolute atomic E-state index is 11.5. The second-order valence-electron chi connectivity index (χ2n) is 4.03. The average molecular weight is 233 g/mol. The predicted octanol–water partition coefficient (Wildman–Crippen LogP) is 1.66. The third-order valence-corrected chi connectivity index (χ3v) is 2.80. The molecule has 17 heavy (non-hydrogen) atoms. The van der Waals surface area contributed by atoms with E-state index < -0.39 is 6.04 Å². The summed E-state index contributed by atoms with van der Waals surface area (Å²) in [5.74, 6) is -0.0138. The van der Waals surface area contributed by atoms with Gasteiger partial charge in [0.1, 0.15) is 6.04 Å². The van der Waals surface area contributed by atoms with Crippen LogP contribution in [0.4, 0.5) is 5.95 Å². The SMILES string of the molecule is COC(=O)C(C)n1c(N)nc2cc(C)ccc21. The molecule has 0 saturated heterocycles. The van der Waals surface area contributed by atoms with E-state index in [1.165, 1.54) is 7.11 Å². The van der Waals surface area contributed by atoms with Crippen molar-refractivity contribution in [1.82, 2.24) is 9.55 Å². The molecule has 1 aromatic heterocycles. The molecule has 0 aliphatic rings. The number of aromatic nitrogens is 2. The second kappa shape index (κ2) is 4.08. The van der Waals surface area contributed by atoms with E-state index in [4.69, 9.17) is 10.5 Å². The number of aryl methyl sites for hydroxylation is 1. The fourth-order valence-electron chi connectivity index (χ4n) is 1.91. The Bertz CT molecular complexity index is 574. The normalized spacial score (nSPS) is 12.6. The first kappa shape index (κ1) is 11.4.